The Hall–Kier alpha value is -2.78. The number of carbonyl (C=O) groups excluding carboxylic acids is 2. The molecular formula is C17H15N3O4S2. The molecule has 0 saturated heterocycles. The van der Waals surface area contributed by atoms with Gasteiger partial charge in [-0.15, -0.1) is 11.3 Å². The molecule has 3 rings (SSSR count). The molecular weight excluding hydrogens is 374 g/mol. The van der Waals surface area contributed by atoms with Gasteiger partial charge in [0.15, 0.2) is 0 Å². The molecule has 0 aliphatic heterocycles. The third kappa shape index (κ3) is 3.58. The fourth-order valence-electron chi connectivity index (χ4n) is 2.39. The summed E-state index contributed by atoms with van der Waals surface area (Å²) in [5.41, 5.74) is 1.06. The molecule has 0 bridgehead atoms. The van der Waals surface area contributed by atoms with Crippen molar-refractivity contribution in [3.8, 4) is 0 Å². The molecule has 2 amide bonds. The number of carbonyl (C=O) groups is 2. The lowest BCUT2D eigenvalue weighted by Crippen LogP contribution is -2.13. The maximum absolute atomic E-state index is 13.0. The van der Waals surface area contributed by atoms with Gasteiger partial charge in [-0.25, -0.2) is 13.4 Å². The predicted octanol–water partition coefficient (Wildman–Crippen LogP) is 3.05. The highest BCUT2D eigenvalue weighted by Crippen LogP contribution is 2.34. The quantitative estimate of drug-likeness (QED) is 0.713. The Balaban J connectivity index is 2.13. The Morgan fingerprint density at radius 1 is 1.00 bits per heavy atom. The average molecular weight is 389 g/mol. The Labute approximate surface area is 154 Å². The number of nitrogens with one attached hydrogen (secondary N) is 2. The number of benzene rings is 2. The SMILES string of the molecule is CC(=O)Nc1ccc(S(=O)(=O)c2nc3ccccc3s2)c(NC(C)=O)c1. The second-order valence-electron chi connectivity index (χ2n) is 5.52. The van der Waals surface area contributed by atoms with E-state index in [0.717, 1.165) is 16.0 Å². The highest BCUT2D eigenvalue weighted by Gasteiger charge is 2.26. The number of para-hydroxylation sites is 1. The average Bonchev–Trinajstić information content (AvgIpc) is 2.98. The van der Waals surface area contributed by atoms with Crippen molar-refractivity contribution in [2.45, 2.75) is 23.1 Å². The molecule has 1 aromatic heterocycles. The van der Waals surface area contributed by atoms with Crippen LogP contribution in [0.2, 0.25) is 0 Å². The van der Waals surface area contributed by atoms with E-state index in [1.165, 1.54) is 32.0 Å². The summed E-state index contributed by atoms with van der Waals surface area (Å²) in [7, 11) is -3.94. The number of amides is 2. The van der Waals surface area contributed by atoms with Crippen molar-refractivity contribution in [3.63, 3.8) is 0 Å². The molecule has 2 N–H and O–H groups in total. The first-order chi connectivity index (χ1) is 12.3. The summed E-state index contributed by atoms with van der Waals surface area (Å²) >= 11 is 1.06. The van der Waals surface area contributed by atoms with Gasteiger partial charge in [-0.1, -0.05) is 12.1 Å². The predicted molar refractivity (Wildman–Crippen MR) is 100 cm³/mol. The van der Waals surface area contributed by atoms with E-state index < -0.39 is 15.7 Å². The number of anilines is 2. The minimum Gasteiger partial charge on any atom is -0.326 e. The van der Waals surface area contributed by atoms with E-state index in [-0.39, 0.29) is 20.8 Å². The van der Waals surface area contributed by atoms with Crippen molar-refractivity contribution in [2.75, 3.05) is 10.6 Å². The van der Waals surface area contributed by atoms with Gasteiger partial charge in [-0.05, 0) is 30.3 Å². The third-order valence-electron chi connectivity index (χ3n) is 3.40. The van der Waals surface area contributed by atoms with E-state index in [9.17, 15) is 18.0 Å². The lowest BCUT2D eigenvalue weighted by atomic mass is 10.2. The van der Waals surface area contributed by atoms with E-state index >= 15 is 0 Å². The summed E-state index contributed by atoms with van der Waals surface area (Å²) in [5, 5.41) is 5.06. The van der Waals surface area contributed by atoms with Crippen LogP contribution in [0, 0.1) is 0 Å². The summed E-state index contributed by atoms with van der Waals surface area (Å²) < 4.78 is 26.8. The smallest absolute Gasteiger partial charge is 0.235 e. The van der Waals surface area contributed by atoms with Crippen LogP contribution in [0.4, 0.5) is 11.4 Å². The first kappa shape index (κ1) is 18.0. The first-order valence-corrected chi connectivity index (χ1v) is 9.87. The topological polar surface area (TPSA) is 105 Å². The van der Waals surface area contributed by atoms with Gasteiger partial charge in [0, 0.05) is 19.5 Å². The highest BCUT2D eigenvalue weighted by molar-refractivity contribution is 7.93. The van der Waals surface area contributed by atoms with Crippen LogP contribution in [0.25, 0.3) is 10.2 Å². The number of thiazole rings is 1. The molecule has 7 nitrogen and oxygen atoms in total. The Kier molecular flexibility index (Phi) is 4.75. The molecule has 134 valence electrons. The number of aromatic nitrogens is 1. The molecule has 1 heterocycles. The monoisotopic (exact) mass is 389 g/mol. The lowest BCUT2D eigenvalue weighted by Gasteiger charge is -2.12. The molecule has 0 fully saturated rings. The molecule has 0 aliphatic rings. The maximum Gasteiger partial charge on any atom is 0.235 e. The van der Waals surface area contributed by atoms with Crippen LogP contribution >= 0.6 is 11.3 Å². The van der Waals surface area contributed by atoms with Crippen molar-refractivity contribution in [3.05, 3.63) is 42.5 Å². The zero-order valence-corrected chi connectivity index (χ0v) is 15.6. The number of hydrogen-bond donors (Lipinski definition) is 2. The van der Waals surface area contributed by atoms with Crippen molar-refractivity contribution in [2.24, 2.45) is 0 Å². The number of hydrogen-bond acceptors (Lipinski definition) is 6. The van der Waals surface area contributed by atoms with Gasteiger partial charge in [-0.3, -0.25) is 9.59 Å². The van der Waals surface area contributed by atoms with Crippen LogP contribution in [0.3, 0.4) is 0 Å². The zero-order valence-electron chi connectivity index (χ0n) is 13.9. The minimum absolute atomic E-state index is 0.0578. The van der Waals surface area contributed by atoms with Crippen molar-refractivity contribution < 1.29 is 18.0 Å². The molecule has 0 atom stereocenters. The van der Waals surface area contributed by atoms with Gasteiger partial charge in [0.2, 0.25) is 26.0 Å². The third-order valence-corrected chi connectivity index (χ3v) is 6.63. The fourth-order valence-corrected chi connectivity index (χ4v) is 5.12. The van der Waals surface area contributed by atoms with Gasteiger partial charge in [-0.2, -0.15) is 0 Å². The number of fused-ring (bicyclic) bond motifs is 1. The second kappa shape index (κ2) is 6.85. The minimum atomic E-state index is -3.94. The molecule has 9 heteroatoms. The van der Waals surface area contributed by atoms with Crippen LogP contribution in [-0.4, -0.2) is 25.2 Å². The summed E-state index contributed by atoms with van der Waals surface area (Å²) in [6.07, 6.45) is 0. The van der Waals surface area contributed by atoms with Crippen LogP contribution in [0.15, 0.2) is 51.7 Å². The van der Waals surface area contributed by atoms with Gasteiger partial charge in [0.25, 0.3) is 0 Å². The molecule has 2 aromatic carbocycles. The van der Waals surface area contributed by atoms with E-state index in [0.29, 0.717) is 11.2 Å². The highest BCUT2D eigenvalue weighted by atomic mass is 32.2. The van der Waals surface area contributed by atoms with E-state index in [4.69, 9.17) is 0 Å². The van der Waals surface area contributed by atoms with Crippen molar-refractivity contribution in [1.82, 2.24) is 4.98 Å². The van der Waals surface area contributed by atoms with Crippen LogP contribution < -0.4 is 10.6 Å². The van der Waals surface area contributed by atoms with Crippen molar-refractivity contribution in [1.29, 1.82) is 0 Å². The Morgan fingerprint density at radius 2 is 1.69 bits per heavy atom. The molecule has 0 spiro atoms. The second-order valence-corrected chi connectivity index (χ2v) is 8.65. The molecule has 0 radical (unpaired) electrons. The summed E-state index contributed by atoms with van der Waals surface area (Å²) in [4.78, 5) is 26.8. The number of rotatable bonds is 4. The zero-order chi connectivity index (χ0) is 18.9. The molecule has 26 heavy (non-hydrogen) atoms. The number of nitrogens with zero attached hydrogens (tertiary/aromatic N) is 1. The van der Waals surface area contributed by atoms with Crippen molar-refractivity contribution >= 4 is 54.6 Å². The van der Waals surface area contributed by atoms with Gasteiger partial charge >= 0.3 is 0 Å². The van der Waals surface area contributed by atoms with Crippen LogP contribution in [0.5, 0.6) is 0 Å². The molecule has 0 unspecified atom stereocenters. The standard InChI is InChI=1S/C17H15N3O4S2/c1-10(21)18-12-7-8-16(14(9-12)19-11(2)22)26(23,24)17-20-13-5-3-4-6-15(13)25-17/h3-9H,1-2H3,(H,18,21)(H,19,22). The summed E-state index contributed by atoms with van der Waals surface area (Å²) in [6.45, 7) is 2.61. The van der Waals surface area contributed by atoms with Crippen LogP contribution in [-0.2, 0) is 19.4 Å². The number of sulfone groups is 1. The maximum atomic E-state index is 13.0. The largest absolute Gasteiger partial charge is 0.326 e. The Bertz CT molecular complexity index is 1090. The van der Waals surface area contributed by atoms with E-state index in [2.05, 4.69) is 15.6 Å². The van der Waals surface area contributed by atoms with Gasteiger partial charge in [0.1, 0.15) is 0 Å². The molecule has 0 saturated carbocycles. The van der Waals surface area contributed by atoms with E-state index in [1.807, 2.05) is 6.07 Å². The molecule has 0 aliphatic carbocycles. The van der Waals surface area contributed by atoms with E-state index in [1.54, 1.807) is 18.2 Å². The fraction of sp³-hybridized carbons (Fsp3) is 0.118. The molecule has 3 aromatic rings. The Morgan fingerprint density at radius 3 is 2.35 bits per heavy atom. The summed E-state index contributed by atoms with van der Waals surface area (Å²) in [5.74, 6) is -0.730. The first-order valence-electron chi connectivity index (χ1n) is 7.57. The van der Waals surface area contributed by atoms with Gasteiger partial charge in [0.05, 0.1) is 20.8 Å². The summed E-state index contributed by atoms with van der Waals surface area (Å²) in [6, 6.07) is 11.3. The van der Waals surface area contributed by atoms with Crippen LogP contribution in [0.1, 0.15) is 13.8 Å². The lowest BCUT2D eigenvalue weighted by molar-refractivity contribution is -0.115. The van der Waals surface area contributed by atoms with Gasteiger partial charge < -0.3 is 10.6 Å². The normalized spacial score (nSPS) is 11.3.